The summed E-state index contributed by atoms with van der Waals surface area (Å²) in [5, 5.41) is 2.95. The van der Waals surface area contributed by atoms with E-state index in [1.165, 1.54) is 0 Å². The van der Waals surface area contributed by atoms with Gasteiger partial charge in [-0.2, -0.15) is 0 Å². The van der Waals surface area contributed by atoms with E-state index < -0.39 is 0 Å². The van der Waals surface area contributed by atoms with Crippen LogP contribution >= 0.6 is 0 Å². The molecule has 0 saturated carbocycles. The quantitative estimate of drug-likeness (QED) is 0.830. The van der Waals surface area contributed by atoms with Crippen molar-refractivity contribution in [3.8, 4) is 5.75 Å². The zero-order valence-electron chi connectivity index (χ0n) is 17.6. The third-order valence-corrected chi connectivity index (χ3v) is 5.32. The van der Waals surface area contributed by atoms with Crippen LogP contribution in [0.1, 0.15) is 54.4 Å². The van der Waals surface area contributed by atoms with Crippen molar-refractivity contribution in [2.75, 3.05) is 25.5 Å². The zero-order chi connectivity index (χ0) is 21.0. The SMILES string of the molecule is COc1cccc(NC(=O)c2ccc(C)nc2C2CCN(C(=O)C(C)C)CC2)c1. The van der Waals surface area contributed by atoms with Gasteiger partial charge in [-0.1, -0.05) is 19.9 Å². The molecule has 0 atom stereocenters. The normalized spacial score (nSPS) is 14.7. The molecule has 1 fully saturated rings. The number of anilines is 1. The van der Waals surface area contributed by atoms with Gasteiger partial charge in [0.05, 0.1) is 18.4 Å². The lowest BCUT2D eigenvalue weighted by Crippen LogP contribution is -2.40. The van der Waals surface area contributed by atoms with E-state index in [0.29, 0.717) is 30.1 Å². The van der Waals surface area contributed by atoms with Crippen LogP contribution in [0.15, 0.2) is 36.4 Å². The highest BCUT2D eigenvalue weighted by Gasteiger charge is 2.28. The second-order valence-electron chi connectivity index (χ2n) is 7.83. The van der Waals surface area contributed by atoms with Crippen molar-refractivity contribution in [2.45, 2.75) is 39.5 Å². The second-order valence-corrected chi connectivity index (χ2v) is 7.83. The average Bonchev–Trinajstić information content (AvgIpc) is 2.73. The summed E-state index contributed by atoms with van der Waals surface area (Å²) in [7, 11) is 1.60. The molecule has 6 heteroatoms. The number of ether oxygens (including phenoxy) is 1. The molecule has 1 aromatic heterocycles. The molecule has 0 bridgehead atoms. The fourth-order valence-corrected chi connectivity index (χ4v) is 3.72. The number of likely N-dealkylation sites (tertiary alicyclic amines) is 1. The maximum atomic E-state index is 13.0. The van der Waals surface area contributed by atoms with E-state index in [-0.39, 0.29) is 23.7 Å². The number of benzene rings is 1. The molecular formula is C23H29N3O3. The Labute approximate surface area is 172 Å². The van der Waals surface area contributed by atoms with E-state index >= 15 is 0 Å². The minimum atomic E-state index is -0.179. The first-order valence-corrected chi connectivity index (χ1v) is 10.1. The summed E-state index contributed by atoms with van der Waals surface area (Å²) >= 11 is 0. The molecule has 1 N–H and O–H groups in total. The van der Waals surface area contributed by atoms with Crippen LogP contribution in [0.2, 0.25) is 0 Å². The number of aryl methyl sites for hydroxylation is 1. The van der Waals surface area contributed by atoms with Crippen molar-refractivity contribution in [1.82, 2.24) is 9.88 Å². The van der Waals surface area contributed by atoms with Gasteiger partial charge in [-0.15, -0.1) is 0 Å². The number of nitrogens with one attached hydrogen (secondary N) is 1. The first kappa shape index (κ1) is 20.8. The van der Waals surface area contributed by atoms with Gasteiger partial charge < -0.3 is 15.0 Å². The minimum Gasteiger partial charge on any atom is -0.497 e. The van der Waals surface area contributed by atoms with Crippen molar-refractivity contribution in [3.05, 3.63) is 53.3 Å². The number of aromatic nitrogens is 1. The molecule has 0 spiro atoms. The summed E-state index contributed by atoms with van der Waals surface area (Å²) in [4.78, 5) is 31.9. The van der Waals surface area contributed by atoms with E-state index in [2.05, 4.69) is 5.32 Å². The Kier molecular flexibility index (Phi) is 6.52. The molecule has 6 nitrogen and oxygen atoms in total. The van der Waals surface area contributed by atoms with Crippen molar-refractivity contribution < 1.29 is 14.3 Å². The molecule has 1 aromatic carbocycles. The Balaban J connectivity index is 1.78. The smallest absolute Gasteiger partial charge is 0.257 e. The fourth-order valence-electron chi connectivity index (χ4n) is 3.72. The molecule has 1 aliphatic rings. The predicted octanol–water partition coefficient (Wildman–Crippen LogP) is 4.01. The average molecular weight is 396 g/mol. The zero-order valence-corrected chi connectivity index (χ0v) is 17.6. The molecule has 3 rings (SSSR count). The maximum absolute atomic E-state index is 13.0. The lowest BCUT2D eigenvalue weighted by Gasteiger charge is -2.33. The molecule has 2 aromatic rings. The van der Waals surface area contributed by atoms with E-state index in [4.69, 9.17) is 9.72 Å². The first-order valence-electron chi connectivity index (χ1n) is 10.1. The molecule has 0 unspecified atom stereocenters. The Bertz CT molecular complexity index is 887. The summed E-state index contributed by atoms with van der Waals surface area (Å²) in [6.45, 7) is 7.20. The van der Waals surface area contributed by atoms with Gasteiger partial charge in [-0.3, -0.25) is 14.6 Å². The summed E-state index contributed by atoms with van der Waals surface area (Å²) in [6.07, 6.45) is 1.63. The van der Waals surface area contributed by atoms with Crippen LogP contribution in [0, 0.1) is 12.8 Å². The minimum absolute atomic E-state index is 0.00727. The fraction of sp³-hybridized carbons (Fsp3) is 0.435. The second kappa shape index (κ2) is 9.07. The van der Waals surface area contributed by atoms with Crippen LogP contribution in [0.3, 0.4) is 0 Å². The van der Waals surface area contributed by atoms with Crippen LogP contribution in [0.4, 0.5) is 5.69 Å². The van der Waals surface area contributed by atoms with Crippen molar-refractivity contribution in [3.63, 3.8) is 0 Å². The van der Waals surface area contributed by atoms with E-state index in [1.54, 1.807) is 13.2 Å². The van der Waals surface area contributed by atoms with Gasteiger partial charge in [0.2, 0.25) is 5.91 Å². The number of amides is 2. The van der Waals surface area contributed by atoms with Gasteiger partial charge >= 0.3 is 0 Å². The molecule has 1 saturated heterocycles. The van der Waals surface area contributed by atoms with Crippen LogP contribution < -0.4 is 10.1 Å². The Morgan fingerprint density at radius 1 is 1.17 bits per heavy atom. The van der Waals surface area contributed by atoms with Crippen molar-refractivity contribution >= 4 is 17.5 Å². The Hall–Kier alpha value is -2.89. The molecule has 1 aliphatic heterocycles. The monoisotopic (exact) mass is 395 g/mol. The third-order valence-electron chi connectivity index (χ3n) is 5.32. The van der Waals surface area contributed by atoms with Gasteiger partial charge in [-0.25, -0.2) is 0 Å². The number of hydrogen-bond acceptors (Lipinski definition) is 4. The van der Waals surface area contributed by atoms with Gasteiger partial charge in [0.1, 0.15) is 5.75 Å². The summed E-state index contributed by atoms with van der Waals surface area (Å²) < 4.78 is 5.23. The number of hydrogen-bond donors (Lipinski definition) is 1. The number of pyridine rings is 1. The molecule has 2 heterocycles. The van der Waals surface area contributed by atoms with E-state index in [0.717, 1.165) is 24.2 Å². The van der Waals surface area contributed by atoms with Gasteiger partial charge in [0.15, 0.2) is 0 Å². The summed E-state index contributed by atoms with van der Waals surface area (Å²) in [5.41, 5.74) is 2.98. The van der Waals surface area contributed by atoms with Crippen LogP contribution in [-0.2, 0) is 4.79 Å². The maximum Gasteiger partial charge on any atom is 0.257 e. The highest BCUT2D eigenvalue weighted by molar-refractivity contribution is 6.05. The number of nitrogens with zero attached hydrogens (tertiary/aromatic N) is 2. The van der Waals surface area contributed by atoms with Crippen molar-refractivity contribution in [2.24, 2.45) is 5.92 Å². The lowest BCUT2D eigenvalue weighted by molar-refractivity contribution is -0.135. The molecular weight excluding hydrogens is 366 g/mol. The summed E-state index contributed by atoms with van der Waals surface area (Å²) in [5.74, 6) is 0.871. The van der Waals surface area contributed by atoms with Crippen LogP contribution in [0.5, 0.6) is 5.75 Å². The van der Waals surface area contributed by atoms with Gasteiger partial charge in [-0.05, 0) is 44.0 Å². The molecule has 29 heavy (non-hydrogen) atoms. The first-order chi connectivity index (χ1) is 13.9. The van der Waals surface area contributed by atoms with E-state index in [1.807, 2.05) is 56.0 Å². The van der Waals surface area contributed by atoms with Crippen LogP contribution in [0.25, 0.3) is 0 Å². The third kappa shape index (κ3) is 4.94. The number of rotatable bonds is 5. The standard InChI is InChI=1S/C23H29N3O3/c1-15(2)23(28)26-12-10-17(11-13-26)21-20(9-8-16(3)24-21)22(27)25-18-6-5-7-19(14-18)29-4/h5-9,14-15,17H,10-13H2,1-4H3,(H,25,27). The molecule has 0 radical (unpaired) electrons. The molecule has 0 aliphatic carbocycles. The Morgan fingerprint density at radius 2 is 1.90 bits per heavy atom. The summed E-state index contributed by atoms with van der Waals surface area (Å²) in [6, 6.07) is 11.0. The largest absolute Gasteiger partial charge is 0.497 e. The number of methoxy groups -OCH3 is 1. The van der Waals surface area contributed by atoms with Gasteiger partial charge in [0, 0.05) is 42.4 Å². The number of carbonyl (C=O) groups excluding carboxylic acids is 2. The number of carbonyl (C=O) groups is 2. The van der Waals surface area contributed by atoms with E-state index in [9.17, 15) is 9.59 Å². The lowest BCUT2D eigenvalue weighted by atomic mass is 9.89. The molecule has 2 amide bonds. The van der Waals surface area contributed by atoms with Crippen LogP contribution in [-0.4, -0.2) is 41.9 Å². The highest BCUT2D eigenvalue weighted by atomic mass is 16.5. The Morgan fingerprint density at radius 3 is 2.55 bits per heavy atom. The van der Waals surface area contributed by atoms with Crippen molar-refractivity contribution in [1.29, 1.82) is 0 Å². The van der Waals surface area contributed by atoms with Gasteiger partial charge in [0.25, 0.3) is 5.91 Å². The molecule has 154 valence electrons. The predicted molar refractivity (Wildman–Crippen MR) is 113 cm³/mol. The number of piperidine rings is 1. The topological polar surface area (TPSA) is 71.5 Å². The highest BCUT2D eigenvalue weighted by Crippen LogP contribution is 2.30.